The Balaban J connectivity index is 2.08. The van der Waals surface area contributed by atoms with Crippen molar-refractivity contribution < 1.29 is 0 Å². The van der Waals surface area contributed by atoms with Crippen molar-refractivity contribution in [2.45, 2.75) is 19.3 Å². The van der Waals surface area contributed by atoms with Crippen LogP contribution in [0.2, 0.25) is 0 Å². The molecule has 0 unspecified atom stereocenters. The Labute approximate surface area is 90.1 Å². The van der Waals surface area contributed by atoms with Gasteiger partial charge in [-0.05, 0) is 57.6 Å². The number of hydrogen-bond acceptors (Lipinski definition) is 1. The highest BCUT2D eigenvalue weighted by Gasteiger charge is 2.41. The van der Waals surface area contributed by atoms with Crippen LogP contribution in [0, 0.1) is 5.41 Å². The molecule has 1 aliphatic rings. The van der Waals surface area contributed by atoms with Crippen LogP contribution in [-0.4, -0.2) is 5.88 Å². The van der Waals surface area contributed by atoms with Crippen molar-refractivity contribution in [3.63, 3.8) is 0 Å². The minimum absolute atomic E-state index is 0.450. The number of rotatable bonds is 3. The number of thiophene rings is 1. The van der Waals surface area contributed by atoms with E-state index in [9.17, 15) is 0 Å². The van der Waals surface area contributed by atoms with E-state index < -0.39 is 0 Å². The van der Waals surface area contributed by atoms with Gasteiger partial charge in [-0.2, -0.15) is 0 Å². The summed E-state index contributed by atoms with van der Waals surface area (Å²) in [6.45, 7) is 0. The lowest BCUT2D eigenvalue weighted by molar-refractivity contribution is 0.578. The first-order chi connectivity index (χ1) is 5.76. The van der Waals surface area contributed by atoms with Gasteiger partial charge in [0.15, 0.2) is 0 Å². The topological polar surface area (TPSA) is 0 Å². The van der Waals surface area contributed by atoms with Crippen molar-refractivity contribution in [3.05, 3.63) is 20.8 Å². The van der Waals surface area contributed by atoms with Crippen LogP contribution in [0.1, 0.15) is 18.4 Å². The Bertz CT molecular complexity index is 278. The van der Waals surface area contributed by atoms with Gasteiger partial charge < -0.3 is 0 Å². The highest BCUT2D eigenvalue weighted by molar-refractivity contribution is 9.11. The second kappa shape index (κ2) is 3.32. The molecule has 2 rings (SSSR count). The van der Waals surface area contributed by atoms with Gasteiger partial charge in [-0.1, -0.05) is 0 Å². The van der Waals surface area contributed by atoms with Crippen LogP contribution in [-0.2, 0) is 6.42 Å². The molecule has 0 aromatic carbocycles. The zero-order chi connectivity index (χ0) is 8.60. The van der Waals surface area contributed by atoms with Gasteiger partial charge in [0.1, 0.15) is 0 Å². The summed E-state index contributed by atoms with van der Waals surface area (Å²) in [5, 5.41) is 2.13. The first-order valence-electron chi connectivity index (χ1n) is 4.04. The third kappa shape index (κ3) is 1.70. The molecule has 0 amide bonds. The van der Waals surface area contributed by atoms with Crippen LogP contribution >= 0.6 is 38.9 Å². The maximum absolute atomic E-state index is 5.91. The van der Waals surface area contributed by atoms with Crippen molar-refractivity contribution in [2.24, 2.45) is 5.41 Å². The lowest BCUT2D eigenvalue weighted by Gasteiger charge is -2.09. The summed E-state index contributed by atoms with van der Waals surface area (Å²) < 4.78 is 1.28. The maximum Gasteiger partial charge on any atom is 0.0730 e. The van der Waals surface area contributed by atoms with E-state index in [1.807, 2.05) is 0 Å². The number of alkyl halides is 1. The number of hydrogen-bond donors (Lipinski definition) is 0. The van der Waals surface area contributed by atoms with Crippen LogP contribution in [0.25, 0.3) is 0 Å². The van der Waals surface area contributed by atoms with Crippen LogP contribution < -0.4 is 0 Å². The molecule has 0 nitrogen and oxygen atoms in total. The van der Waals surface area contributed by atoms with Crippen molar-refractivity contribution >= 4 is 38.9 Å². The average molecular weight is 266 g/mol. The van der Waals surface area contributed by atoms with Gasteiger partial charge in [-0.15, -0.1) is 22.9 Å². The van der Waals surface area contributed by atoms with E-state index >= 15 is 0 Å². The predicted molar refractivity (Wildman–Crippen MR) is 58.1 cm³/mol. The van der Waals surface area contributed by atoms with E-state index in [0.717, 1.165) is 12.3 Å². The van der Waals surface area contributed by atoms with Crippen LogP contribution in [0.3, 0.4) is 0 Å². The molecule has 0 radical (unpaired) electrons. The van der Waals surface area contributed by atoms with Crippen molar-refractivity contribution in [1.29, 1.82) is 0 Å². The lowest BCUT2D eigenvalue weighted by Crippen LogP contribution is -2.05. The monoisotopic (exact) mass is 264 g/mol. The van der Waals surface area contributed by atoms with E-state index in [0.29, 0.717) is 5.41 Å². The van der Waals surface area contributed by atoms with Gasteiger partial charge >= 0.3 is 0 Å². The summed E-state index contributed by atoms with van der Waals surface area (Å²) in [5.74, 6) is 0.815. The van der Waals surface area contributed by atoms with Gasteiger partial charge in [0.2, 0.25) is 0 Å². The summed E-state index contributed by atoms with van der Waals surface area (Å²) in [6.07, 6.45) is 3.76. The fourth-order valence-electron chi connectivity index (χ4n) is 1.38. The van der Waals surface area contributed by atoms with E-state index in [2.05, 4.69) is 27.4 Å². The largest absolute Gasteiger partial charge is 0.137 e. The Hall–Kier alpha value is 0.470. The van der Waals surface area contributed by atoms with Gasteiger partial charge in [-0.25, -0.2) is 0 Å². The van der Waals surface area contributed by atoms with Gasteiger partial charge in [0, 0.05) is 5.88 Å². The molecule has 1 aliphatic carbocycles. The molecule has 1 saturated carbocycles. The summed E-state index contributed by atoms with van der Waals surface area (Å²) in [4.78, 5) is 0. The molecule has 0 N–H and O–H groups in total. The molecular weight excluding hydrogens is 256 g/mol. The van der Waals surface area contributed by atoms with E-state index in [1.54, 1.807) is 11.3 Å². The molecule has 0 saturated heterocycles. The Morgan fingerprint density at radius 2 is 2.33 bits per heavy atom. The normalized spacial score (nSPS) is 19.5. The smallest absolute Gasteiger partial charge is 0.0730 e. The first-order valence-corrected chi connectivity index (χ1v) is 6.24. The van der Waals surface area contributed by atoms with Crippen LogP contribution in [0.5, 0.6) is 0 Å². The highest BCUT2D eigenvalue weighted by Crippen LogP contribution is 2.50. The molecular formula is C9H10BrClS. The van der Waals surface area contributed by atoms with Crippen molar-refractivity contribution in [1.82, 2.24) is 0 Å². The molecule has 66 valence electrons. The summed E-state index contributed by atoms with van der Waals surface area (Å²) in [5.41, 5.74) is 1.88. The minimum atomic E-state index is 0.450. The van der Waals surface area contributed by atoms with E-state index in [-0.39, 0.29) is 0 Å². The fraction of sp³-hybridized carbons (Fsp3) is 0.556. The van der Waals surface area contributed by atoms with Crippen molar-refractivity contribution in [3.8, 4) is 0 Å². The highest BCUT2D eigenvalue weighted by atomic mass is 79.9. The Morgan fingerprint density at radius 1 is 1.58 bits per heavy atom. The second-order valence-electron chi connectivity index (χ2n) is 3.53. The molecule has 3 heteroatoms. The van der Waals surface area contributed by atoms with Gasteiger partial charge in [-0.3, -0.25) is 0 Å². The quantitative estimate of drug-likeness (QED) is 0.723. The second-order valence-corrected chi connectivity index (χ2v) is 6.03. The fourth-order valence-corrected chi connectivity index (χ4v) is 2.99. The zero-order valence-electron chi connectivity index (χ0n) is 6.65. The summed E-state index contributed by atoms with van der Waals surface area (Å²) >= 11 is 11.2. The molecule has 12 heavy (non-hydrogen) atoms. The maximum atomic E-state index is 5.91. The van der Waals surface area contributed by atoms with E-state index in [4.69, 9.17) is 11.6 Å². The molecule has 0 aliphatic heterocycles. The molecule has 0 spiro atoms. The SMILES string of the molecule is ClCC1(Cc2ccsc2Br)CC1. The minimum Gasteiger partial charge on any atom is -0.137 e. The number of halogens is 2. The third-order valence-electron chi connectivity index (χ3n) is 2.50. The molecule has 1 heterocycles. The first kappa shape index (κ1) is 9.04. The molecule has 1 aromatic heterocycles. The molecule has 1 fully saturated rings. The van der Waals surface area contributed by atoms with Gasteiger partial charge in [0.25, 0.3) is 0 Å². The van der Waals surface area contributed by atoms with Crippen molar-refractivity contribution in [2.75, 3.05) is 5.88 Å². The van der Waals surface area contributed by atoms with Crippen LogP contribution in [0.15, 0.2) is 15.2 Å². The summed E-state index contributed by atoms with van der Waals surface area (Å²) in [7, 11) is 0. The average Bonchev–Trinajstić information content (AvgIpc) is 2.74. The lowest BCUT2D eigenvalue weighted by atomic mass is 10.0. The Kier molecular flexibility index (Phi) is 2.50. The third-order valence-corrected chi connectivity index (χ3v) is 4.88. The molecule has 0 atom stereocenters. The van der Waals surface area contributed by atoms with Gasteiger partial charge in [0.05, 0.1) is 3.79 Å². The standard InChI is InChI=1S/C9H10BrClS/c10-8-7(1-4-12-8)5-9(6-11)2-3-9/h1,4H,2-3,5-6H2. The molecule has 1 aromatic rings. The predicted octanol–water partition coefficient (Wildman–Crippen LogP) is 4.07. The van der Waals surface area contributed by atoms with Crippen LogP contribution in [0.4, 0.5) is 0 Å². The van der Waals surface area contributed by atoms with E-state index in [1.165, 1.54) is 22.2 Å². The zero-order valence-corrected chi connectivity index (χ0v) is 9.81. The Morgan fingerprint density at radius 3 is 2.75 bits per heavy atom. The molecule has 0 bridgehead atoms. The summed E-state index contributed by atoms with van der Waals surface area (Å²) in [6, 6.07) is 2.20.